The van der Waals surface area contributed by atoms with E-state index < -0.39 is 11.9 Å². The third-order valence-electron chi connectivity index (χ3n) is 4.98. The lowest BCUT2D eigenvalue weighted by Crippen LogP contribution is -2.40. The minimum Gasteiger partial charge on any atom is -0.453 e. The topological polar surface area (TPSA) is 65.1 Å². The van der Waals surface area contributed by atoms with Gasteiger partial charge in [-0.05, 0) is 42.2 Å². The van der Waals surface area contributed by atoms with Crippen LogP contribution in [0.15, 0.2) is 18.2 Å². The molecule has 0 atom stereocenters. The van der Waals surface area contributed by atoms with Gasteiger partial charge in [-0.2, -0.15) is 0 Å². The number of nitrogens with zero attached hydrogens (tertiary/aromatic N) is 1. The van der Waals surface area contributed by atoms with Crippen LogP contribution in [0, 0.1) is 5.92 Å². The van der Waals surface area contributed by atoms with Gasteiger partial charge in [-0.15, -0.1) is 0 Å². The summed E-state index contributed by atoms with van der Waals surface area (Å²) >= 11 is 0. The second-order valence-corrected chi connectivity index (χ2v) is 7.66. The maximum absolute atomic E-state index is 12.3. The summed E-state index contributed by atoms with van der Waals surface area (Å²) in [5, 5.41) is 0. The summed E-state index contributed by atoms with van der Waals surface area (Å²) in [5.74, 6) is 0.639. The van der Waals surface area contributed by atoms with E-state index in [0.29, 0.717) is 38.0 Å². The van der Waals surface area contributed by atoms with Crippen molar-refractivity contribution in [2.45, 2.75) is 39.0 Å². The predicted molar refractivity (Wildman–Crippen MR) is 101 cm³/mol. The van der Waals surface area contributed by atoms with Gasteiger partial charge in [0, 0.05) is 13.1 Å². The molecule has 2 aliphatic rings. The lowest BCUT2D eigenvalue weighted by molar-refractivity contribution is -0.155. The van der Waals surface area contributed by atoms with Crippen molar-refractivity contribution in [3.8, 4) is 5.75 Å². The molecule has 1 aromatic rings. The van der Waals surface area contributed by atoms with E-state index in [1.165, 1.54) is 12.8 Å². The van der Waals surface area contributed by atoms with Crippen molar-refractivity contribution in [2.24, 2.45) is 5.92 Å². The van der Waals surface area contributed by atoms with Crippen LogP contribution in [0.2, 0.25) is 0 Å². The highest BCUT2D eigenvalue weighted by Crippen LogP contribution is 2.38. The summed E-state index contributed by atoms with van der Waals surface area (Å²) in [6.45, 7) is 6.60. The molecule has 0 unspecified atom stereocenters. The number of rotatable bonds is 8. The van der Waals surface area contributed by atoms with Gasteiger partial charge < -0.3 is 14.2 Å². The van der Waals surface area contributed by atoms with Crippen LogP contribution in [0.3, 0.4) is 0 Å². The summed E-state index contributed by atoms with van der Waals surface area (Å²) in [6, 6.07) is 6.04. The molecule has 0 N–H and O–H groups in total. The van der Waals surface area contributed by atoms with E-state index in [0.717, 1.165) is 17.5 Å². The van der Waals surface area contributed by atoms with Crippen LogP contribution >= 0.6 is 0 Å². The molecule has 3 rings (SSSR count). The average molecular weight is 375 g/mol. The number of carbonyl (C=O) groups is 2. The van der Waals surface area contributed by atoms with Crippen LogP contribution in [0.5, 0.6) is 5.75 Å². The Hall–Kier alpha value is -1.92. The van der Waals surface area contributed by atoms with Crippen molar-refractivity contribution in [3.63, 3.8) is 0 Å². The highest BCUT2D eigenvalue weighted by molar-refractivity contribution is 5.79. The zero-order valence-corrected chi connectivity index (χ0v) is 16.2. The van der Waals surface area contributed by atoms with E-state index in [4.69, 9.17) is 14.2 Å². The van der Waals surface area contributed by atoms with E-state index in [2.05, 4.69) is 13.8 Å². The first kappa shape index (κ1) is 19.8. The number of esters is 2. The van der Waals surface area contributed by atoms with Gasteiger partial charge in [-0.25, -0.2) is 4.79 Å². The smallest absolute Gasteiger partial charge is 0.349 e. The van der Waals surface area contributed by atoms with E-state index in [1.54, 1.807) is 0 Å². The molecule has 0 aromatic heterocycles. The number of benzene rings is 1. The van der Waals surface area contributed by atoms with Crippen molar-refractivity contribution >= 4 is 11.9 Å². The fourth-order valence-electron chi connectivity index (χ4n) is 3.25. The fraction of sp³-hybridized carbons (Fsp3) is 0.619. The van der Waals surface area contributed by atoms with E-state index in [1.807, 2.05) is 23.1 Å². The summed E-state index contributed by atoms with van der Waals surface area (Å²) < 4.78 is 16.0. The zero-order chi connectivity index (χ0) is 19.2. The molecule has 1 aromatic carbocycles. The number of ether oxygens (including phenoxy) is 3. The Balaban J connectivity index is 1.55. The van der Waals surface area contributed by atoms with E-state index in [9.17, 15) is 9.59 Å². The van der Waals surface area contributed by atoms with Gasteiger partial charge in [0.1, 0.15) is 5.75 Å². The first-order valence-corrected chi connectivity index (χ1v) is 9.81. The van der Waals surface area contributed by atoms with Crippen LogP contribution in [0.4, 0.5) is 0 Å². The molecule has 1 aliphatic heterocycles. The number of hydrogen-bond acceptors (Lipinski definition) is 6. The summed E-state index contributed by atoms with van der Waals surface area (Å²) in [6.07, 6.45) is 3.40. The van der Waals surface area contributed by atoms with Crippen molar-refractivity contribution in [3.05, 3.63) is 29.3 Å². The molecule has 0 amide bonds. The predicted octanol–water partition coefficient (Wildman–Crippen LogP) is 2.54. The lowest BCUT2D eigenvalue weighted by Gasteiger charge is -2.25. The minimum atomic E-state index is -0.532. The summed E-state index contributed by atoms with van der Waals surface area (Å²) in [4.78, 5) is 26.2. The Labute approximate surface area is 160 Å². The highest BCUT2D eigenvalue weighted by atomic mass is 16.6. The number of hydrogen-bond donors (Lipinski definition) is 0. The summed E-state index contributed by atoms with van der Waals surface area (Å²) in [7, 11) is 0. The number of para-hydroxylation sites is 1. The Morgan fingerprint density at radius 3 is 2.59 bits per heavy atom. The van der Waals surface area contributed by atoms with Gasteiger partial charge >= 0.3 is 11.9 Å². The molecular formula is C21H29NO5. The van der Waals surface area contributed by atoms with Crippen molar-refractivity contribution in [2.75, 3.05) is 39.5 Å². The largest absolute Gasteiger partial charge is 0.453 e. The zero-order valence-electron chi connectivity index (χ0n) is 16.2. The molecule has 0 spiro atoms. The monoisotopic (exact) mass is 375 g/mol. The molecule has 1 saturated carbocycles. The Morgan fingerprint density at radius 2 is 1.93 bits per heavy atom. The van der Waals surface area contributed by atoms with Gasteiger partial charge in [0.2, 0.25) is 0 Å². The molecule has 0 bridgehead atoms. The van der Waals surface area contributed by atoms with Crippen molar-refractivity contribution in [1.29, 1.82) is 0 Å². The third-order valence-corrected chi connectivity index (χ3v) is 4.98. The minimum absolute atomic E-state index is 0.173. The van der Waals surface area contributed by atoms with Crippen molar-refractivity contribution < 1.29 is 23.8 Å². The molecule has 1 saturated heterocycles. The number of carbonyl (C=O) groups excluding carboxylic acids is 2. The Kier molecular flexibility index (Phi) is 6.85. The lowest BCUT2D eigenvalue weighted by atomic mass is 9.96. The van der Waals surface area contributed by atoms with E-state index in [-0.39, 0.29) is 19.1 Å². The molecular weight excluding hydrogens is 346 g/mol. The first-order valence-electron chi connectivity index (χ1n) is 9.81. The van der Waals surface area contributed by atoms with Gasteiger partial charge in [0.05, 0.1) is 19.8 Å². The SMILES string of the molecule is CC(C)c1cccc(CC2CC2)c1OC(=O)COC(=O)CN1CCOCC1. The molecule has 1 heterocycles. The molecule has 0 radical (unpaired) electrons. The van der Waals surface area contributed by atoms with Gasteiger partial charge in [0.25, 0.3) is 0 Å². The molecule has 1 aliphatic carbocycles. The normalized spacial score (nSPS) is 17.7. The van der Waals surface area contributed by atoms with Crippen LogP contribution < -0.4 is 4.74 Å². The van der Waals surface area contributed by atoms with Crippen molar-refractivity contribution in [1.82, 2.24) is 4.90 Å². The van der Waals surface area contributed by atoms with Crippen LogP contribution in [0.25, 0.3) is 0 Å². The van der Waals surface area contributed by atoms with Gasteiger partial charge in [0.15, 0.2) is 6.61 Å². The van der Waals surface area contributed by atoms with Crippen LogP contribution in [0.1, 0.15) is 43.7 Å². The van der Waals surface area contributed by atoms with Gasteiger partial charge in [-0.1, -0.05) is 32.0 Å². The maximum Gasteiger partial charge on any atom is 0.349 e. The standard InChI is InChI=1S/C21H29NO5/c1-15(2)18-5-3-4-17(12-16-6-7-16)21(18)27-20(24)14-26-19(23)13-22-8-10-25-11-9-22/h3-5,15-16H,6-14H2,1-2H3. The van der Waals surface area contributed by atoms with E-state index >= 15 is 0 Å². The third kappa shape index (κ3) is 6.04. The molecule has 148 valence electrons. The fourth-order valence-corrected chi connectivity index (χ4v) is 3.25. The second-order valence-electron chi connectivity index (χ2n) is 7.66. The molecule has 6 nitrogen and oxygen atoms in total. The van der Waals surface area contributed by atoms with Crippen LogP contribution in [-0.2, 0) is 25.5 Å². The number of morpholine rings is 1. The quantitative estimate of drug-likeness (QED) is 0.514. The second kappa shape index (κ2) is 9.33. The molecule has 2 fully saturated rings. The average Bonchev–Trinajstić information content (AvgIpc) is 3.46. The molecule has 27 heavy (non-hydrogen) atoms. The summed E-state index contributed by atoms with van der Waals surface area (Å²) in [5.41, 5.74) is 2.08. The molecule has 6 heteroatoms. The Bertz CT molecular complexity index is 663. The van der Waals surface area contributed by atoms with Gasteiger partial charge in [-0.3, -0.25) is 9.69 Å². The maximum atomic E-state index is 12.3. The first-order chi connectivity index (χ1) is 13.0. The highest BCUT2D eigenvalue weighted by Gasteiger charge is 2.25. The Morgan fingerprint density at radius 1 is 1.19 bits per heavy atom. The van der Waals surface area contributed by atoms with Crippen LogP contribution in [-0.4, -0.2) is 56.3 Å².